The molecule has 0 saturated carbocycles. The molecule has 4 aromatic carbocycles. The Bertz CT molecular complexity index is 1590. The SMILES string of the molecule is CC(c1nc2ccccc2c(=O)n1-c1ccc(Cl)cc1)N(C)C(=O)c1cccc2ccccc12. The van der Waals surface area contributed by atoms with Crippen molar-refractivity contribution in [2.24, 2.45) is 0 Å². The minimum absolute atomic E-state index is 0.144. The Morgan fingerprint density at radius 2 is 1.53 bits per heavy atom. The lowest BCUT2D eigenvalue weighted by atomic mass is 10.0. The van der Waals surface area contributed by atoms with E-state index in [1.54, 1.807) is 46.8 Å². The van der Waals surface area contributed by atoms with Crippen molar-refractivity contribution < 1.29 is 4.79 Å². The molecule has 0 aliphatic heterocycles. The van der Waals surface area contributed by atoms with Crippen LogP contribution in [0.2, 0.25) is 5.02 Å². The Labute approximate surface area is 201 Å². The third-order valence-electron chi connectivity index (χ3n) is 6.18. The number of aromatic nitrogens is 2. The van der Waals surface area contributed by atoms with Crippen molar-refractivity contribution in [3.63, 3.8) is 0 Å². The van der Waals surface area contributed by atoms with Gasteiger partial charge in [0.25, 0.3) is 11.5 Å². The first-order valence-electron chi connectivity index (χ1n) is 11.0. The molecular formula is C28H22ClN3O2. The summed E-state index contributed by atoms with van der Waals surface area (Å²) < 4.78 is 1.57. The molecule has 0 fully saturated rings. The van der Waals surface area contributed by atoms with E-state index < -0.39 is 6.04 Å². The van der Waals surface area contributed by atoms with Crippen LogP contribution in [-0.4, -0.2) is 27.4 Å². The highest BCUT2D eigenvalue weighted by molar-refractivity contribution is 6.30. The van der Waals surface area contributed by atoms with E-state index in [1.165, 1.54) is 0 Å². The molecule has 0 N–H and O–H groups in total. The normalized spacial score (nSPS) is 12.1. The number of rotatable bonds is 4. The van der Waals surface area contributed by atoms with Gasteiger partial charge in [0.05, 0.1) is 22.6 Å². The summed E-state index contributed by atoms with van der Waals surface area (Å²) in [5, 5.41) is 2.96. The first-order valence-corrected chi connectivity index (χ1v) is 11.4. The van der Waals surface area contributed by atoms with Gasteiger partial charge in [0, 0.05) is 17.6 Å². The molecule has 5 aromatic rings. The number of amides is 1. The maximum Gasteiger partial charge on any atom is 0.266 e. The highest BCUT2D eigenvalue weighted by Crippen LogP contribution is 2.26. The van der Waals surface area contributed by atoms with Crippen molar-refractivity contribution in [1.82, 2.24) is 14.5 Å². The molecule has 168 valence electrons. The fraction of sp³-hybridized carbons (Fsp3) is 0.107. The summed E-state index contributed by atoms with van der Waals surface area (Å²) in [6.45, 7) is 1.88. The lowest BCUT2D eigenvalue weighted by Crippen LogP contribution is -2.35. The first kappa shape index (κ1) is 21.9. The maximum atomic E-state index is 13.6. The summed E-state index contributed by atoms with van der Waals surface area (Å²) in [6.07, 6.45) is 0. The topological polar surface area (TPSA) is 55.2 Å². The van der Waals surface area contributed by atoms with Crippen molar-refractivity contribution in [3.05, 3.63) is 118 Å². The second kappa shape index (κ2) is 8.76. The zero-order chi connectivity index (χ0) is 23.8. The average molecular weight is 468 g/mol. The molecule has 1 unspecified atom stereocenters. The molecule has 0 spiro atoms. The molecule has 0 aliphatic rings. The van der Waals surface area contributed by atoms with Gasteiger partial charge in [0.2, 0.25) is 0 Å². The van der Waals surface area contributed by atoms with Crippen molar-refractivity contribution in [2.75, 3.05) is 7.05 Å². The fourth-order valence-corrected chi connectivity index (χ4v) is 4.35. The van der Waals surface area contributed by atoms with Crippen LogP contribution in [0, 0.1) is 0 Å². The monoisotopic (exact) mass is 467 g/mol. The predicted octanol–water partition coefficient (Wildman–Crippen LogP) is 6.03. The molecule has 5 rings (SSSR count). The molecule has 1 atom stereocenters. The quantitative estimate of drug-likeness (QED) is 0.324. The lowest BCUT2D eigenvalue weighted by Gasteiger charge is -2.27. The van der Waals surface area contributed by atoms with Gasteiger partial charge in [-0.25, -0.2) is 4.98 Å². The molecule has 0 saturated heterocycles. The fourth-order valence-electron chi connectivity index (χ4n) is 4.22. The van der Waals surface area contributed by atoms with Crippen LogP contribution < -0.4 is 5.56 Å². The Morgan fingerprint density at radius 1 is 0.882 bits per heavy atom. The van der Waals surface area contributed by atoms with Gasteiger partial charge in [0.15, 0.2) is 0 Å². The zero-order valence-electron chi connectivity index (χ0n) is 18.8. The highest BCUT2D eigenvalue weighted by Gasteiger charge is 2.25. The van der Waals surface area contributed by atoms with Gasteiger partial charge in [-0.1, -0.05) is 60.1 Å². The van der Waals surface area contributed by atoms with Gasteiger partial charge in [0.1, 0.15) is 5.82 Å². The van der Waals surface area contributed by atoms with Crippen LogP contribution in [0.4, 0.5) is 0 Å². The van der Waals surface area contributed by atoms with Crippen LogP contribution in [0.25, 0.3) is 27.4 Å². The molecule has 1 aromatic heterocycles. The molecule has 0 radical (unpaired) electrons. The number of carbonyl (C=O) groups excluding carboxylic acids is 1. The number of hydrogen-bond acceptors (Lipinski definition) is 3. The Morgan fingerprint density at radius 3 is 2.29 bits per heavy atom. The number of hydrogen-bond donors (Lipinski definition) is 0. The Hall–Kier alpha value is -3.96. The van der Waals surface area contributed by atoms with E-state index >= 15 is 0 Å². The van der Waals surface area contributed by atoms with Gasteiger partial charge < -0.3 is 4.90 Å². The van der Waals surface area contributed by atoms with Crippen LogP contribution >= 0.6 is 11.6 Å². The number of nitrogens with zero attached hydrogens (tertiary/aromatic N) is 3. The van der Waals surface area contributed by atoms with E-state index in [-0.39, 0.29) is 11.5 Å². The summed E-state index contributed by atoms with van der Waals surface area (Å²) in [6, 6.07) is 27.3. The third kappa shape index (κ3) is 3.74. The number of carbonyl (C=O) groups is 1. The van der Waals surface area contributed by atoms with E-state index in [1.807, 2.05) is 67.6 Å². The van der Waals surface area contributed by atoms with Crippen LogP contribution in [0.5, 0.6) is 0 Å². The summed E-state index contributed by atoms with van der Waals surface area (Å²) in [5.74, 6) is 0.330. The summed E-state index contributed by atoms with van der Waals surface area (Å²) in [5.41, 5.74) is 1.64. The van der Waals surface area contributed by atoms with Gasteiger partial charge in [-0.2, -0.15) is 0 Å². The molecule has 0 bridgehead atoms. The zero-order valence-corrected chi connectivity index (χ0v) is 19.5. The number of fused-ring (bicyclic) bond motifs is 2. The van der Waals surface area contributed by atoms with Crippen molar-refractivity contribution >= 4 is 39.2 Å². The van der Waals surface area contributed by atoms with E-state index in [4.69, 9.17) is 16.6 Å². The molecule has 34 heavy (non-hydrogen) atoms. The van der Waals surface area contributed by atoms with E-state index in [0.29, 0.717) is 33.0 Å². The second-order valence-electron chi connectivity index (χ2n) is 8.22. The van der Waals surface area contributed by atoms with Gasteiger partial charge in [-0.15, -0.1) is 0 Å². The van der Waals surface area contributed by atoms with E-state index in [9.17, 15) is 9.59 Å². The minimum atomic E-state index is -0.487. The van der Waals surface area contributed by atoms with Crippen LogP contribution in [0.1, 0.15) is 29.1 Å². The Balaban J connectivity index is 1.65. The number of benzene rings is 4. The smallest absolute Gasteiger partial charge is 0.266 e. The first-order chi connectivity index (χ1) is 16.5. The molecule has 0 aliphatic carbocycles. The predicted molar refractivity (Wildman–Crippen MR) is 137 cm³/mol. The van der Waals surface area contributed by atoms with Crippen molar-refractivity contribution in [3.8, 4) is 5.69 Å². The number of halogens is 1. The van der Waals surface area contributed by atoms with Gasteiger partial charge in [-0.3, -0.25) is 14.2 Å². The highest BCUT2D eigenvalue weighted by atomic mass is 35.5. The molecule has 5 nitrogen and oxygen atoms in total. The van der Waals surface area contributed by atoms with Crippen LogP contribution in [-0.2, 0) is 0 Å². The summed E-state index contributed by atoms with van der Waals surface area (Å²) in [4.78, 5) is 33.6. The average Bonchev–Trinajstić information content (AvgIpc) is 2.87. The summed E-state index contributed by atoms with van der Waals surface area (Å²) in [7, 11) is 1.74. The molecule has 6 heteroatoms. The van der Waals surface area contributed by atoms with Crippen LogP contribution in [0.15, 0.2) is 95.8 Å². The van der Waals surface area contributed by atoms with Crippen molar-refractivity contribution in [2.45, 2.75) is 13.0 Å². The lowest BCUT2D eigenvalue weighted by molar-refractivity contribution is 0.0737. The standard InChI is InChI=1S/C28H22ClN3O2/c1-18(31(2)27(33)23-12-7-9-19-8-3-4-10-22(19)23)26-30-25-13-6-5-11-24(25)28(34)32(26)21-16-14-20(29)15-17-21/h3-18H,1-2H3. The summed E-state index contributed by atoms with van der Waals surface area (Å²) >= 11 is 6.09. The minimum Gasteiger partial charge on any atom is -0.332 e. The molecule has 1 heterocycles. The van der Waals surface area contributed by atoms with Crippen LogP contribution in [0.3, 0.4) is 0 Å². The van der Waals surface area contributed by atoms with E-state index in [0.717, 1.165) is 10.8 Å². The van der Waals surface area contributed by atoms with E-state index in [2.05, 4.69) is 0 Å². The largest absolute Gasteiger partial charge is 0.332 e. The molecule has 1 amide bonds. The Kier molecular flexibility index (Phi) is 5.64. The van der Waals surface area contributed by atoms with Gasteiger partial charge in [-0.05, 0) is 60.2 Å². The number of para-hydroxylation sites is 1. The van der Waals surface area contributed by atoms with Crippen molar-refractivity contribution in [1.29, 1.82) is 0 Å². The third-order valence-corrected chi connectivity index (χ3v) is 6.43. The molecular weight excluding hydrogens is 446 g/mol. The van der Waals surface area contributed by atoms with Gasteiger partial charge >= 0.3 is 0 Å². The second-order valence-corrected chi connectivity index (χ2v) is 8.66. The maximum absolute atomic E-state index is 13.6.